The van der Waals surface area contributed by atoms with E-state index in [1.807, 2.05) is 6.08 Å². The molecule has 0 aromatic rings. The van der Waals surface area contributed by atoms with Crippen molar-refractivity contribution in [2.24, 2.45) is 0 Å². The standard InChI is InChI=1S/C78H137NO13/c1-3-5-7-9-11-13-15-17-19-21-22-23-24-25-26-27-28-29-30-31-32-33-34-35-36-37-38-39-40-41-42-43-44-46-48-50-52-54-56-58-60-62-70(83)79-66(67(82)61-59-57-55-53-51-49-47-45-20-18-16-14-12-10-8-6-4-2)65-89-77-75(88)73(86)76(69(64-81)91-77)92-78-74(87)72(85)71(84)68(63-80)90-78/h5,7,11,13,17,19-20,22-23,25-26,45,51,53,59,61,66-69,71-78,80-82,84-88H,3-4,6,8-10,12,14-16,18,21,24,27-44,46-50,52,54-58,60,62-65H2,1-2H3,(H,79,83)/b7-5-,13-11-,19-17-,23-22-,26-25-,45-20+,53-51+,61-59+. The molecule has 532 valence electrons. The average Bonchev–Trinajstić information content (AvgIpc) is 0.856. The molecule has 0 saturated carbocycles. The Hall–Kier alpha value is -3.09. The lowest BCUT2D eigenvalue weighted by Gasteiger charge is -2.46. The Morgan fingerprint density at radius 2 is 0.761 bits per heavy atom. The largest absolute Gasteiger partial charge is 0.394 e. The van der Waals surface area contributed by atoms with Gasteiger partial charge in [0.2, 0.25) is 5.91 Å². The average molecular weight is 1300 g/mol. The molecule has 0 aromatic carbocycles. The van der Waals surface area contributed by atoms with E-state index in [1.54, 1.807) is 6.08 Å². The number of rotatable bonds is 61. The normalized spacial score (nSPS) is 23.2. The van der Waals surface area contributed by atoms with E-state index in [9.17, 15) is 45.6 Å². The lowest BCUT2D eigenvalue weighted by atomic mass is 9.97. The first-order chi connectivity index (χ1) is 45.1. The summed E-state index contributed by atoms with van der Waals surface area (Å²) in [5.74, 6) is -0.251. The Labute approximate surface area is 560 Å². The second kappa shape index (κ2) is 61.5. The molecule has 14 heteroatoms. The number of hydrogen-bond acceptors (Lipinski definition) is 13. The van der Waals surface area contributed by atoms with Crippen LogP contribution in [-0.4, -0.2) is 140 Å². The highest BCUT2D eigenvalue weighted by Gasteiger charge is 2.51. The zero-order valence-electron chi connectivity index (χ0n) is 58.0. The fourth-order valence-electron chi connectivity index (χ4n) is 11.8. The van der Waals surface area contributed by atoms with Crippen LogP contribution >= 0.6 is 0 Å². The molecule has 12 atom stereocenters. The number of unbranched alkanes of at least 4 members (excludes halogenated alkanes) is 34. The molecular weight excluding hydrogens is 1160 g/mol. The van der Waals surface area contributed by atoms with Crippen LogP contribution in [-0.2, 0) is 23.7 Å². The van der Waals surface area contributed by atoms with Crippen molar-refractivity contribution in [2.45, 2.75) is 370 Å². The summed E-state index contributed by atoms with van der Waals surface area (Å²) in [6.07, 6.45) is 70.7. The van der Waals surface area contributed by atoms with Gasteiger partial charge in [0.05, 0.1) is 32.0 Å². The maximum Gasteiger partial charge on any atom is 0.220 e. The van der Waals surface area contributed by atoms with E-state index in [1.165, 1.54) is 186 Å². The van der Waals surface area contributed by atoms with Crippen molar-refractivity contribution in [3.05, 3.63) is 97.2 Å². The summed E-state index contributed by atoms with van der Waals surface area (Å²) in [7, 11) is 0. The predicted molar refractivity (Wildman–Crippen MR) is 378 cm³/mol. The molecule has 9 N–H and O–H groups in total. The first-order valence-electron chi connectivity index (χ1n) is 37.5. The molecule has 0 radical (unpaired) electrons. The molecule has 2 heterocycles. The number of hydrogen-bond donors (Lipinski definition) is 9. The zero-order chi connectivity index (χ0) is 66.6. The van der Waals surface area contributed by atoms with Crippen LogP contribution in [0.3, 0.4) is 0 Å². The molecule has 2 aliphatic heterocycles. The van der Waals surface area contributed by atoms with Crippen molar-refractivity contribution in [2.75, 3.05) is 19.8 Å². The van der Waals surface area contributed by atoms with Gasteiger partial charge in [0, 0.05) is 6.42 Å². The highest BCUT2D eigenvalue weighted by molar-refractivity contribution is 5.76. The molecule has 2 fully saturated rings. The molecule has 12 unspecified atom stereocenters. The molecule has 0 bridgehead atoms. The smallest absolute Gasteiger partial charge is 0.220 e. The molecule has 0 spiro atoms. The van der Waals surface area contributed by atoms with Crippen molar-refractivity contribution < 1.29 is 64.6 Å². The predicted octanol–water partition coefficient (Wildman–Crippen LogP) is 16.1. The molecule has 2 saturated heterocycles. The lowest BCUT2D eigenvalue weighted by molar-refractivity contribution is -0.359. The maximum absolute atomic E-state index is 13.3. The summed E-state index contributed by atoms with van der Waals surface area (Å²) < 4.78 is 22.8. The third-order valence-electron chi connectivity index (χ3n) is 17.7. The van der Waals surface area contributed by atoms with Gasteiger partial charge in [-0.2, -0.15) is 0 Å². The number of nitrogens with one attached hydrogen (secondary N) is 1. The fourth-order valence-corrected chi connectivity index (χ4v) is 11.8. The van der Waals surface area contributed by atoms with Crippen molar-refractivity contribution in [1.29, 1.82) is 0 Å². The number of carbonyl (C=O) groups is 1. The Bertz CT molecular complexity index is 1920. The minimum Gasteiger partial charge on any atom is -0.394 e. The van der Waals surface area contributed by atoms with Gasteiger partial charge < -0.3 is 65.1 Å². The number of aliphatic hydroxyl groups is 8. The maximum atomic E-state index is 13.3. The van der Waals surface area contributed by atoms with E-state index in [0.29, 0.717) is 12.8 Å². The van der Waals surface area contributed by atoms with Crippen LogP contribution in [0, 0.1) is 0 Å². The highest BCUT2D eigenvalue weighted by atomic mass is 16.7. The summed E-state index contributed by atoms with van der Waals surface area (Å²) in [6, 6.07) is -0.940. The van der Waals surface area contributed by atoms with Crippen LogP contribution in [0.15, 0.2) is 97.2 Å². The van der Waals surface area contributed by atoms with Crippen molar-refractivity contribution in [1.82, 2.24) is 5.32 Å². The molecule has 0 aliphatic carbocycles. The molecule has 14 nitrogen and oxygen atoms in total. The monoisotopic (exact) mass is 1300 g/mol. The Morgan fingerprint density at radius 3 is 1.20 bits per heavy atom. The van der Waals surface area contributed by atoms with E-state index < -0.39 is 86.8 Å². The van der Waals surface area contributed by atoms with Gasteiger partial charge in [0.15, 0.2) is 12.6 Å². The highest BCUT2D eigenvalue weighted by Crippen LogP contribution is 2.30. The number of aliphatic hydroxyl groups excluding tert-OH is 8. The molecular formula is C78H137NO13. The molecule has 2 aliphatic rings. The van der Waals surface area contributed by atoms with Gasteiger partial charge in [-0.1, -0.05) is 297 Å². The van der Waals surface area contributed by atoms with Crippen LogP contribution in [0.5, 0.6) is 0 Å². The van der Waals surface area contributed by atoms with Crippen LogP contribution in [0.2, 0.25) is 0 Å². The number of carbonyl (C=O) groups excluding carboxylic acids is 1. The van der Waals surface area contributed by atoms with Crippen LogP contribution < -0.4 is 5.32 Å². The van der Waals surface area contributed by atoms with E-state index in [4.69, 9.17) is 18.9 Å². The number of amides is 1. The van der Waals surface area contributed by atoms with Gasteiger partial charge in [0.25, 0.3) is 0 Å². The first-order valence-corrected chi connectivity index (χ1v) is 37.5. The SMILES string of the molecule is CC/C=C\C/C=C\C/C=C\C/C=C\C/C=C\CCCCCCCCCCCCCCCCCCCCCCCCCCCC(=O)NC(COC1OC(CO)C(OC2OC(CO)C(O)C(O)C2O)C(O)C1O)C(O)/C=C/CC/C=C/CC/C=C/CCCCCCCCC. The quantitative estimate of drug-likeness (QED) is 0.0204. The topological polar surface area (TPSA) is 228 Å². The van der Waals surface area contributed by atoms with Crippen molar-refractivity contribution in [3.8, 4) is 0 Å². The molecule has 92 heavy (non-hydrogen) atoms. The van der Waals surface area contributed by atoms with Crippen LogP contribution in [0.1, 0.15) is 296 Å². The van der Waals surface area contributed by atoms with Crippen LogP contribution in [0.4, 0.5) is 0 Å². The fraction of sp³-hybridized carbons (Fsp3) is 0.782. The second-order valence-electron chi connectivity index (χ2n) is 26.0. The Morgan fingerprint density at radius 1 is 0.402 bits per heavy atom. The third kappa shape index (κ3) is 44.6. The van der Waals surface area contributed by atoms with Gasteiger partial charge in [0.1, 0.15) is 48.8 Å². The van der Waals surface area contributed by atoms with Gasteiger partial charge in [-0.15, -0.1) is 0 Å². The summed E-state index contributed by atoms with van der Waals surface area (Å²) in [5, 5.41) is 87.4. The molecule has 0 aromatic heterocycles. The Balaban J connectivity index is 1.57. The van der Waals surface area contributed by atoms with Gasteiger partial charge in [-0.3, -0.25) is 4.79 Å². The minimum absolute atomic E-state index is 0.251. The van der Waals surface area contributed by atoms with E-state index in [2.05, 4.69) is 104 Å². The summed E-state index contributed by atoms with van der Waals surface area (Å²) >= 11 is 0. The molecule has 1 amide bonds. The summed E-state index contributed by atoms with van der Waals surface area (Å²) in [5.41, 5.74) is 0. The number of ether oxygens (including phenoxy) is 4. The summed E-state index contributed by atoms with van der Waals surface area (Å²) in [4.78, 5) is 13.3. The molecule has 2 rings (SSSR count). The zero-order valence-corrected chi connectivity index (χ0v) is 58.0. The number of allylic oxidation sites excluding steroid dienone is 15. The van der Waals surface area contributed by atoms with Crippen molar-refractivity contribution >= 4 is 5.91 Å². The second-order valence-corrected chi connectivity index (χ2v) is 26.0. The summed E-state index contributed by atoms with van der Waals surface area (Å²) in [6.45, 7) is 2.67. The van der Waals surface area contributed by atoms with Gasteiger partial charge in [-0.25, -0.2) is 0 Å². The first kappa shape index (κ1) is 85.0. The van der Waals surface area contributed by atoms with Crippen molar-refractivity contribution in [3.63, 3.8) is 0 Å². The van der Waals surface area contributed by atoms with E-state index in [0.717, 1.165) is 77.0 Å². The van der Waals surface area contributed by atoms with Gasteiger partial charge >= 0.3 is 0 Å². The minimum atomic E-state index is -1.79. The third-order valence-corrected chi connectivity index (χ3v) is 17.7. The Kier molecular flexibility index (Phi) is 56.8. The van der Waals surface area contributed by atoms with Gasteiger partial charge in [-0.05, 0) is 89.9 Å². The van der Waals surface area contributed by atoms with E-state index >= 15 is 0 Å². The van der Waals surface area contributed by atoms with Crippen LogP contribution in [0.25, 0.3) is 0 Å². The lowest BCUT2D eigenvalue weighted by Crippen LogP contribution is -2.65. The van der Waals surface area contributed by atoms with E-state index in [-0.39, 0.29) is 18.9 Å².